The number of hydrogen-bond donors (Lipinski definition) is 1. The normalized spacial score (nSPS) is 12.6. The van der Waals surface area contributed by atoms with Crippen molar-refractivity contribution in [3.05, 3.63) is 17.7 Å². The molecule has 1 N–H and O–H groups in total. The van der Waals surface area contributed by atoms with Gasteiger partial charge in [0.15, 0.2) is 0 Å². The van der Waals surface area contributed by atoms with Crippen molar-refractivity contribution in [2.75, 3.05) is 7.11 Å². The Hall–Kier alpha value is -1.29. The smallest absolute Gasteiger partial charge is 0.217 e. The van der Waals surface area contributed by atoms with Crippen LogP contribution in [0.4, 0.5) is 0 Å². The monoisotopic (exact) mass is 239 g/mol. The highest BCUT2D eigenvalue weighted by molar-refractivity contribution is 5.29. The summed E-state index contributed by atoms with van der Waals surface area (Å²) in [5, 5.41) is 9.65. The molecule has 4 heteroatoms. The van der Waals surface area contributed by atoms with Crippen LogP contribution in [0, 0.1) is 0 Å². The van der Waals surface area contributed by atoms with Gasteiger partial charge in [0.1, 0.15) is 0 Å². The molecule has 0 radical (unpaired) electrons. The van der Waals surface area contributed by atoms with Crippen LogP contribution in [-0.4, -0.2) is 29.4 Å². The van der Waals surface area contributed by atoms with Crippen molar-refractivity contribution in [2.45, 2.75) is 45.8 Å². The fourth-order valence-corrected chi connectivity index (χ4v) is 1.47. The Morgan fingerprint density at radius 2 is 1.94 bits per heavy atom. The molecule has 1 aromatic heterocycles. The SMILES string of the molecule is CCC(O)Cc1cc(OC)nc(OC(C)C)c1. The molecule has 0 saturated heterocycles. The summed E-state index contributed by atoms with van der Waals surface area (Å²) in [5.41, 5.74) is 0.974. The fraction of sp³-hybridized carbons (Fsp3) is 0.615. The van der Waals surface area contributed by atoms with Crippen LogP contribution in [0.15, 0.2) is 12.1 Å². The molecule has 1 aromatic rings. The van der Waals surface area contributed by atoms with Crippen LogP contribution in [0.25, 0.3) is 0 Å². The van der Waals surface area contributed by atoms with Crippen LogP contribution >= 0.6 is 0 Å². The summed E-state index contributed by atoms with van der Waals surface area (Å²) in [6, 6.07) is 3.67. The van der Waals surface area contributed by atoms with Crippen LogP contribution in [0.2, 0.25) is 0 Å². The van der Waals surface area contributed by atoms with Gasteiger partial charge in [0.05, 0.1) is 19.3 Å². The van der Waals surface area contributed by atoms with Crippen molar-refractivity contribution in [2.24, 2.45) is 0 Å². The third-order valence-corrected chi connectivity index (χ3v) is 2.35. The van der Waals surface area contributed by atoms with Gasteiger partial charge in [0.25, 0.3) is 0 Å². The molecule has 0 fully saturated rings. The zero-order valence-electron chi connectivity index (χ0n) is 10.9. The minimum absolute atomic E-state index is 0.0681. The Labute approximate surface area is 103 Å². The fourth-order valence-electron chi connectivity index (χ4n) is 1.47. The second-order valence-corrected chi connectivity index (χ2v) is 4.29. The quantitative estimate of drug-likeness (QED) is 0.826. The first kappa shape index (κ1) is 13.8. The molecule has 1 heterocycles. The zero-order chi connectivity index (χ0) is 12.8. The highest BCUT2D eigenvalue weighted by atomic mass is 16.5. The lowest BCUT2D eigenvalue weighted by Crippen LogP contribution is -2.11. The van der Waals surface area contributed by atoms with Crippen molar-refractivity contribution < 1.29 is 14.6 Å². The van der Waals surface area contributed by atoms with Gasteiger partial charge in [-0.15, -0.1) is 0 Å². The van der Waals surface area contributed by atoms with E-state index in [-0.39, 0.29) is 12.2 Å². The number of aliphatic hydroxyl groups is 1. The first-order valence-corrected chi connectivity index (χ1v) is 5.94. The van der Waals surface area contributed by atoms with Crippen molar-refractivity contribution in [1.82, 2.24) is 4.98 Å². The molecule has 0 aliphatic carbocycles. The minimum atomic E-state index is -0.339. The summed E-state index contributed by atoms with van der Waals surface area (Å²) in [4.78, 5) is 4.20. The number of nitrogens with zero attached hydrogens (tertiary/aromatic N) is 1. The third kappa shape index (κ3) is 4.61. The summed E-state index contributed by atoms with van der Waals surface area (Å²) in [5.74, 6) is 1.05. The van der Waals surface area contributed by atoms with E-state index in [9.17, 15) is 5.11 Å². The number of aliphatic hydroxyl groups excluding tert-OH is 1. The van der Waals surface area contributed by atoms with Crippen molar-refractivity contribution in [3.63, 3.8) is 0 Å². The molecule has 1 unspecified atom stereocenters. The molecule has 0 bridgehead atoms. The number of rotatable bonds is 6. The second kappa shape index (κ2) is 6.45. The molecule has 0 aliphatic rings. The average molecular weight is 239 g/mol. The molecule has 0 aliphatic heterocycles. The van der Waals surface area contributed by atoms with Crippen LogP contribution in [0.5, 0.6) is 11.8 Å². The van der Waals surface area contributed by atoms with Crippen LogP contribution in [-0.2, 0) is 6.42 Å². The predicted molar refractivity (Wildman–Crippen MR) is 66.6 cm³/mol. The van der Waals surface area contributed by atoms with Gasteiger partial charge in [-0.1, -0.05) is 6.92 Å². The second-order valence-electron chi connectivity index (χ2n) is 4.29. The van der Waals surface area contributed by atoms with E-state index in [1.54, 1.807) is 7.11 Å². The summed E-state index contributed by atoms with van der Waals surface area (Å²) in [7, 11) is 1.57. The van der Waals surface area contributed by atoms with E-state index in [2.05, 4.69) is 4.98 Å². The molecular formula is C13H21NO3. The van der Waals surface area contributed by atoms with Crippen molar-refractivity contribution in [1.29, 1.82) is 0 Å². The van der Waals surface area contributed by atoms with Crippen molar-refractivity contribution in [3.8, 4) is 11.8 Å². The van der Waals surface area contributed by atoms with Crippen LogP contribution in [0.1, 0.15) is 32.8 Å². The third-order valence-electron chi connectivity index (χ3n) is 2.35. The summed E-state index contributed by atoms with van der Waals surface area (Å²) in [6.45, 7) is 5.85. The standard InChI is InChI=1S/C13H21NO3/c1-5-11(15)6-10-7-12(16-4)14-13(8-10)17-9(2)3/h7-9,11,15H,5-6H2,1-4H3. The maximum atomic E-state index is 9.65. The lowest BCUT2D eigenvalue weighted by Gasteiger charge is -2.13. The maximum absolute atomic E-state index is 9.65. The van der Waals surface area contributed by atoms with E-state index >= 15 is 0 Å². The van der Waals surface area contributed by atoms with Crippen molar-refractivity contribution >= 4 is 0 Å². The number of pyridine rings is 1. The highest BCUT2D eigenvalue weighted by Crippen LogP contribution is 2.20. The molecule has 17 heavy (non-hydrogen) atoms. The maximum Gasteiger partial charge on any atom is 0.217 e. The van der Waals surface area contributed by atoms with E-state index in [0.717, 1.165) is 12.0 Å². The molecule has 1 rings (SSSR count). The minimum Gasteiger partial charge on any atom is -0.481 e. The molecular weight excluding hydrogens is 218 g/mol. The lowest BCUT2D eigenvalue weighted by atomic mass is 10.1. The number of methoxy groups -OCH3 is 1. The van der Waals surface area contributed by atoms with Gasteiger partial charge < -0.3 is 14.6 Å². The Morgan fingerprint density at radius 1 is 1.29 bits per heavy atom. The number of ether oxygens (including phenoxy) is 2. The van der Waals surface area contributed by atoms with E-state index in [0.29, 0.717) is 18.2 Å². The van der Waals surface area contributed by atoms with Gasteiger partial charge in [0.2, 0.25) is 11.8 Å². The molecule has 0 saturated carbocycles. The van der Waals surface area contributed by atoms with E-state index in [1.807, 2.05) is 32.9 Å². The molecule has 1 atom stereocenters. The Morgan fingerprint density at radius 3 is 2.47 bits per heavy atom. The first-order chi connectivity index (χ1) is 8.05. The summed E-state index contributed by atoms with van der Waals surface area (Å²) >= 11 is 0. The van der Waals surface area contributed by atoms with Gasteiger partial charge in [0, 0.05) is 12.1 Å². The number of aromatic nitrogens is 1. The zero-order valence-corrected chi connectivity index (χ0v) is 10.9. The summed E-state index contributed by atoms with van der Waals surface area (Å²) < 4.78 is 10.7. The summed E-state index contributed by atoms with van der Waals surface area (Å²) in [6.07, 6.45) is 1.04. The van der Waals surface area contributed by atoms with Crippen LogP contribution < -0.4 is 9.47 Å². The highest BCUT2D eigenvalue weighted by Gasteiger charge is 2.09. The Balaban J connectivity index is 2.88. The van der Waals surface area contributed by atoms with E-state index in [1.165, 1.54) is 0 Å². The molecule has 0 aromatic carbocycles. The molecule has 0 amide bonds. The number of hydrogen-bond acceptors (Lipinski definition) is 4. The van der Waals surface area contributed by atoms with Gasteiger partial charge >= 0.3 is 0 Å². The van der Waals surface area contributed by atoms with E-state index < -0.39 is 0 Å². The lowest BCUT2D eigenvalue weighted by molar-refractivity contribution is 0.170. The van der Waals surface area contributed by atoms with Gasteiger partial charge in [-0.25, -0.2) is 0 Å². The van der Waals surface area contributed by atoms with Gasteiger partial charge in [-0.3, -0.25) is 0 Å². The Bertz CT molecular complexity index is 353. The van der Waals surface area contributed by atoms with E-state index in [4.69, 9.17) is 9.47 Å². The topological polar surface area (TPSA) is 51.6 Å². The first-order valence-electron chi connectivity index (χ1n) is 5.94. The largest absolute Gasteiger partial charge is 0.481 e. The molecule has 96 valence electrons. The predicted octanol–water partition coefficient (Wildman–Crippen LogP) is 2.19. The average Bonchev–Trinajstić information content (AvgIpc) is 2.27. The molecule has 0 spiro atoms. The molecule has 4 nitrogen and oxygen atoms in total. The van der Waals surface area contributed by atoms with Crippen LogP contribution in [0.3, 0.4) is 0 Å². The van der Waals surface area contributed by atoms with Gasteiger partial charge in [-0.2, -0.15) is 4.98 Å². The van der Waals surface area contributed by atoms with Gasteiger partial charge in [-0.05, 0) is 32.3 Å². The Kier molecular flexibility index (Phi) is 5.22.